The van der Waals surface area contributed by atoms with E-state index in [2.05, 4.69) is 17.3 Å². The van der Waals surface area contributed by atoms with Crippen LogP contribution >= 0.6 is 0 Å². The molecule has 2 rings (SSSR count). The molecule has 20 heavy (non-hydrogen) atoms. The number of carbonyl (C=O) groups excluding carboxylic acids is 1. The molecule has 0 saturated heterocycles. The topological polar surface area (TPSA) is 67.6 Å². The molecule has 0 atom stereocenters. The minimum atomic E-state index is -0.372. The van der Waals surface area contributed by atoms with Gasteiger partial charge in [-0.1, -0.05) is 6.07 Å². The van der Waals surface area contributed by atoms with Crippen LogP contribution in [0.5, 0.6) is 0 Å². The lowest BCUT2D eigenvalue weighted by Crippen LogP contribution is -2.27. The van der Waals surface area contributed by atoms with E-state index in [0.717, 1.165) is 24.8 Å². The fourth-order valence-electron chi connectivity index (χ4n) is 2.17. The monoisotopic (exact) mass is 277 g/mol. The zero-order valence-corrected chi connectivity index (χ0v) is 12.2. The van der Waals surface area contributed by atoms with Crippen molar-refractivity contribution in [3.05, 3.63) is 23.8 Å². The van der Waals surface area contributed by atoms with Crippen LogP contribution in [0.25, 0.3) is 0 Å². The molecule has 3 N–H and O–H groups in total. The number of anilines is 2. The molecule has 0 amide bonds. The van der Waals surface area contributed by atoms with E-state index in [1.165, 1.54) is 12.8 Å². The first-order valence-electron chi connectivity index (χ1n) is 7.13. The van der Waals surface area contributed by atoms with Gasteiger partial charge in [0.15, 0.2) is 0 Å². The van der Waals surface area contributed by atoms with Gasteiger partial charge < -0.3 is 20.7 Å². The van der Waals surface area contributed by atoms with Crippen molar-refractivity contribution >= 4 is 17.3 Å². The van der Waals surface area contributed by atoms with Crippen molar-refractivity contribution in [2.24, 2.45) is 0 Å². The molecule has 1 aromatic rings. The van der Waals surface area contributed by atoms with E-state index in [9.17, 15) is 4.79 Å². The highest BCUT2D eigenvalue weighted by Gasteiger charge is 2.25. The summed E-state index contributed by atoms with van der Waals surface area (Å²) >= 11 is 0. The van der Waals surface area contributed by atoms with Gasteiger partial charge in [-0.05, 0) is 38.9 Å². The summed E-state index contributed by atoms with van der Waals surface area (Å²) in [5, 5.41) is 3.29. The summed E-state index contributed by atoms with van der Waals surface area (Å²) in [7, 11) is 2.14. The van der Waals surface area contributed by atoms with Gasteiger partial charge in [0.05, 0.1) is 23.5 Å². The summed E-state index contributed by atoms with van der Waals surface area (Å²) in [6.07, 6.45) is 2.61. The summed E-state index contributed by atoms with van der Waals surface area (Å²) in [5.41, 5.74) is 7.70. The molecule has 5 heteroatoms. The summed E-state index contributed by atoms with van der Waals surface area (Å²) in [6, 6.07) is 6.14. The predicted molar refractivity (Wildman–Crippen MR) is 81.0 cm³/mol. The molecule has 1 aromatic carbocycles. The highest BCUT2D eigenvalue weighted by atomic mass is 16.5. The number of ether oxygens (including phenoxy) is 1. The van der Waals surface area contributed by atoms with Crippen LogP contribution in [0.1, 0.15) is 30.1 Å². The Kier molecular flexibility index (Phi) is 4.84. The van der Waals surface area contributed by atoms with Gasteiger partial charge in [-0.25, -0.2) is 4.79 Å². The maximum Gasteiger partial charge on any atom is 0.340 e. The van der Waals surface area contributed by atoms with Gasteiger partial charge in [0, 0.05) is 19.1 Å². The molecule has 110 valence electrons. The predicted octanol–water partition coefficient (Wildman–Crippen LogP) is 1.95. The number of carbonyl (C=O) groups is 1. The van der Waals surface area contributed by atoms with E-state index in [1.807, 2.05) is 12.1 Å². The zero-order valence-electron chi connectivity index (χ0n) is 12.2. The van der Waals surface area contributed by atoms with Gasteiger partial charge in [0.2, 0.25) is 0 Å². The summed E-state index contributed by atoms with van der Waals surface area (Å²) in [4.78, 5) is 14.1. The van der Waals surface area contributed by atoms with Crippen molar-refractivity contribution in [3.63, 3.8) is 0 Å². The molecule has 1 aliphatic rings. The number of hydrogen-bond acceptors (Lipinski definition) is 5. The fraction of sp³-hybridized carbons (Fsp3) is 0.533. The van der Waals surface area contributed by atoms with E-state index < -0.39 is 0 Å². The summed E-state index contributed by atoms with van der Waals surface area (Å²) in [5.74, 6) is -0.372. The van der Waals surface area contributed by atoms with Crippen molar-refractivity contribution in [1.29, 1.82) is 0 Å². The molecule has 0 aliphatic heterocycles. The number of nitrogens with two attached hydrogens (primary N) is 1. The second kappa shape index (κ2) is 6.61. The minimum absolute atomic E-state index is 0.349. The third-order valence-electron chi connectivity index (χ3n) is 3.55. The highest BCUT2D eigenvalue weighted by Crippen LogP contribution is 2.26. The quantitative estimate of drug-likeness (QED) is 0.589. The molecule has 1 fully saturated rings. The molecule has 0 spiro atoms. The van der Waals surface area contributed by atoms with Crippen molar-refractivity contribution in [2.75, 3.05) is 37.8 Å². The van der Waals surface area contributed by atoms with Gasteiger partial charge in [0.1, 0.15) is 0 Å². The first kappa shape index (κ1) is 14.7. The molecule has 5 nitrogen and oxygen atoms in total. The lowest BCUT2D eigenvalue weighted by molar-refractivity contribution is 0.0527. The average molecular weight is 277 g/mol. The molecular formula is C15H23N3O2. The maximum absolute atomic E-state index is 11.8. The molecule has 0 heterocycles. The van der Waals surface area contributed by atoms with Crippen LogP contribution in [0.2, 0.25) is 0 Å². The summed E-state index contributed by atoms with van der Waals surface area (Å²) < 4.78 is 4.99. The van der Waals surface area contributed by atoms with E-state index >= 15 is 0 Å². The lowest BCUT2D eigenvalue weighted by Gasteiger charge is -2.17. The molecule has 1 aliphatic carbocycles. The lowest BCUT2D eigenvalue weighted by atomic mass is 10.1. The molecule has 1 saturated carbocycles. The van der Waals surface area contributed by atoms with Crippen LogP contribution in [0, 0.1) is 0 Å². The van der Waals surface area contributed by atoms with Gasteiger partial charge >= 0.3 is 5.97 Å². The Labute approximate surface area is 120 Å². The largest absolute Gasteiger partial charge is 0.462 e. The number of likely N-dealkylation sites (N-methyl/N-ethyl adjacent to an activating group) is 1. The van der Waals surface area contributed by atoms with Crippen LogP contribution in [0.4, 0.5) is 11.4 Å². The molecular weight excluding hydrogens is 254 g/mol. The zero-order chi connectivity index (χ0) is 14.5. The van der Waals surface area contributed by atoms with Crippen LogP contribution in [0.3, 0.4) is 0 Å². The van der Waals surface area contributed by atoms with E-state index in [-0.39, 0.29) is 5.97 Å². The maximum atomic E-state index is 11.8. The summed E-state index contributed by atoms with van der Waals surface area (Å²) in [6.45, 7) is 3.91. The Hall–Kier alpha value is -1.75. The standard InChI is InChI=1S/C15H23N3O2/c1-3-20-15(19)12-5-4-6-13(14(12)16)17-9-10-18(2)11-7-8-11/h4-6,11,17H,3,7-10,16H2,1-2H3. The number of nitrogens with one attached hydrogen (secondary N) is 1. The Bertz CT molecular complexity index is 472. The molecule has 0 radical (unpaired) electrons. The first-order chi connectivity index (χ1) is 9.63. The van der Waals surface area contributed by atoms with Gasteiger partial charge in [-0.3, -0.25) is 0 Å². The second-order valence-electron chi connectivity index (χ2n) is 5.13. The Morgan fingerprint density at radius 2 is 2.25 bits per heavy atom. The van der Waals surface area contributed by atoms with Gasteiger partial charge in [-0.15, -0.1) is 0 Å². The van der Waals surface area contributed by atoms with Gasteiger partial charge in [0.25, 0.3) is 0 Å². The van der Waals surface area contributed by atoms with E-state index in [4.69, 9.17) is 10.5 Å². The minimum Gasteiger partial charge on any atom is -0.462 e. The van der Waals surface area contributed by atoms with Crippen molar-refractivity contribution in [3.8, 4) is 0 Å². The number of esters is 1. The van der Waals surface area contributed by atoms with Crippen LogP contribution < -0.4 is 11.1 Å². The van der Waals surface area contributed by atoms with Crippen molar-refractivity contribution < 1.29 is 9.53 Å². The molecule has 0 unspecified atom stereocenters. The molecule has 0 aromatic heterocycles. The number of hydrogen-bond donors (Lipinski definition) is 2. The fourth-order valence-corrected chi connectivity index (χ4v) is 2.17. The van der Waals surface area contributed by atoms with E-state index in [0.29, 0.717) is 17.9 Å². The van der Waals surface area contributed by atoms with Gasteiger partial charge in [-0.2, -0.15) is 0 Å². The number of nitrogens with zero attached hydrogens (tertiary/aromatic N) is 1. The first-order valence-corrected chi connectivity index (χ1v) is 7.13. The second-order valence-corrected chi connectivity index (χ2v) is 5.13. The number of rotatable bonds is 7. The number of nitrogen functional groups attached to an aromatic ring is 1. The Morgan fingerprint density at radius 3 is 2.90 bits per heavy atom. The highest BCUT2D eigenvalue weighted by molar-refractivity contribution is 5.98. The van der Waals surface area contributed by atoms with Crippen molar-refractivity contribution in [1.82, 2.24) is 4.90 Å². The Morgan fingerprint density at radius 1 is 1.50 bits per heavy atom. The molecule has 0 bridgehead atoms. The number of benzene rings is 1. The SMILES string of the molecule is CCOC(=O)c1cccc(NCCN(C)C2CC2)c1N. The normalized spacial score (nSPS) is 14.3. The van der Waals surface area contributed by atoms with Crippen LogP contribution in [-0.2, 0) is 4.74 Å². The van der Waals surface area contributed by atoms with Crippen LogP contribution in [0.15, 0.2) is 18.2 Å². The van der Waals surface area contributed by atoms with Crippen molar-refractivity contribution in [2.45, 2.75) is 25.8 Å². The Balaban J connectivity index is 1.93. The number of para-hydroxylation sites is 1. The third kappa shape index (κ3) is 3.63. The van der Waals surface area contributed by atoms with E-state index in [1.54, 1.807) is 13.0 Å². The average Bonchev–Trinajstić information content (AvgIpc) is 3.25. The smallest absolute Gasteiger partial charge is 0.340 e. The van der Waals surface area contributed by atoms with Crippen LogP contribution in [-0.4, -0.2) is 43.7 Å². The third-order valence-corrected chi connectivity index (χ3v) is 3.55.